The van der Waals surface area contributed by atoms with E-state index in [1.807, 2.05) is 20.8 Å². The van der Waals surface area contributed by atoms with Crippen LogP contribution in [0.1, 0.15) is 20.8 Å². The van der Waals surface area contributed by atoms with Gasteiger partial charge in [0, 0.05) is 12.3 Å². The summed E-state index contributed by atoms with van der Waals surface area (Å²) in [6.07, 6.45) is 9.93. The van der Waals surface area contributed by atoms with Gasteiger partial charge in [-0.25, -0.2) is 4.79 Å². The lowest BCUT2D eigenvalue weighted by Gasteiger charge is -2.45. The van der Waals surface area contributed by atoms with Crippen LogP contribution >= 0.6 is 9.16 Å². The van der Waals surface area contributed by atoms with Gasteiger partial charge in [0.2, 0.25) is 5.88 Å². The molecule has 0 unspecified atom stereocenters. The van der Waals surface area contributed by atoms with Crippen molar-refractivity contribution in [3.05, 3.63) is 12.3 Å². The van der Waals surface area contributed by atoms with E-state index >= 15 is 0 Å². The molecule has 0 aromatic carbocycles. The summed E-state index contributed by atoms with van der Waals surface area (Å²) in [5.41, 5.74) is -0.532. The molecule has 0 spiro atoms. The van der Waals surface area contributed by atoms with Gasteiger partial charge in [-0.15, -0.1) is 5.10 Å². The Hall–Kier alpha value is -1.17. The van der Waals surface area contributed by atoms with Crippen LogP contribution in [0.2, 0.25) is 0 Å². The Bertz CT molecular complexity index is 457. The van der Waals surface area contributed by atoms with Gasteiger partial charge in [0.15, 0.2) is 0 Å². The summed E-state index contributed by atoms with van der Waals surface area (Å²) in [5.74, 6) is 1.09. The molecule has 0 aliphatic rings. The van der Waals surface area contributed by atoms with Crippen LogP contribution in [0.25, 0.3) is 0 Å². The Morgan fingerprint density at radius 1 is 1.32 bits per heavy atom. The minimum atomic E-state index is -1.74. The largest absolute Gasteiger partial charge is 0.469 e. The van der Waals surface area contributed by atoms with Crippen LogP contribution in [0, 0.1) is 0 Å². The van der Waals surface area contributed by atoms with Crippen LogP contribution in [0.3, 0.4) is 0 Å². The third-order valence-corrected chi connectivity index (χ3v) is 3.04. The lowest BCUT2D eigenvalue weighted by atomic mass is 10.2. The Morgan fingerprint density at radius 2 is 1.89 bits per heavy atom. The van der Waals surface area contributed by atoms with Crippen LogP contribution < -0.4 is 4.74 Å². The molecule has 0 bridgehead atoms. The number of ether oxygens (including phenoxy) is 2. The van der Waals surface area contributed by atoms with E-state index in [1.165, 1.54) is 0 Å². The second-order valence-electron chi connectivity index (χ2n) is 7.80. The van der Waals surface area contributed by atoms with Crippen LogP contribution in [0.5, 0.6) is 5.88 Å². The molecule has 0 saturated heterocycles. The summed E-state index contributed by atoms with van der Waals surface area (Å²) in [4.78, 5) is 11.8. The zero-order chi connectivity index (χ0) is 14.9. The first-order valence-electron chi connectivity index (χ1n) is 6.24. The highest BCUT2D eigenvalue weighted by atomic mass is 32.3. The van der Waals surface area contributed by atoms with Crippen molar-refractivity contribution in [1.82, 2.24) is 9.78 Å². The molecule has 0 aliphatic carbocycles. The summed E-state index contributed by atoms with van der Waals surface area (Å²) < 4.78 is 12.0. The van der Waals surface area contributed by atoms with E-state index in [4.69, 9.17) is 9.47 Å². The lowest BCUT2D eigenvalue weighted by molar-refractivity contribution is 0.0512. The first-order valence-corrected chi connectivity index (χ1v) is 10.4. The molecule has 6 heteroatoms. The van der Waals surface area contributed by atoms with Crippen LogP contribution in [-0.4, -0.2) is 52.4 Å². The summed E-state index contributed by atoms with van der Waals surface area (Å²) in [7, 11) is -1.74. The second kappa shape index (κ2) is 4.74. The Morgan fingerprint density at radius 3 is 2.37 bits per heavy atom. The van der Waals surface area contributed by atoms with Crippen molar-refractivity contribution < 1.29 is 14.3 Å². The van der Waals surface area contributed by atoms with Gasteiger partial charge in [0.05, 0.1) is 0 Å². The van der Waals surface area contributed by atoms with Gasteiger partial charge < -0.3 is 9.47 Å². The van der Waals surface area contributed by atoms with Gasteiger partial charge in [-0.05, 0) is 45.8 Å². The van der Waals surface area contributed by atoms with E-state index in [9.17, 15) is 4.79 Å². The molecule has 1 aromatic rings. The number of aromatic nitrogens is 2. The molecule has 1 heterocycles. The highest BCUT2D eigenvalue weighted by Gasteiger charge is 2.21. The third kappa shape index (κ3) is 6.52. The second-order valence-corrected chi connectivity index (χ2v) is 16.0. The quantitative estimate of drug-likeness (QED) is 0.869. The monoisotopic (exact) mass is 290 g/mol. The predicted octanol–water partition coefficient (Wildman–Crippen LogP) is 2.59. The van der Waals surface area contributed by atoms with E-state index in [0.29, 0.717) is 11.8 Å². The Labute approximate surface area is 115 Å². The zero-order valence-electron chi connectivity index (χ0n) is 12.9. The summed E-state index contributed by atoms with van der Waals surface area (Å²) in [5, 5.41) is 4.07. The highest BCUT2D eigenvalue weighted by Crippen LogP contribution is 2.54. The van der Waals surface area contributed by atoms with Crippen molar-refractivity contribution in [2.45, 2.75) is 26.4 Å². The summed E-state index contributed by atoms with van der Waals surface area (Å²) in [6, 6.07) is 1.67. The molecule has 1 rings (SSSR count). The summed E-state index contributed by atoms with van der Waals surface area (Å²) in [6.45, 7) is 5.45. The molecule has 0 aliphatic heterocycles. The van der Waals surface area contributed by atoms with Gasteiger partial charge in [-0.2, -0.15) is 4.68 Å². The molecule has 112 valence electrons. The molecule has 0 atom stereocenters. The van der Waals surface area contributed by atoms with E-state index < -0.39 is 20.9 Å². The maximum absolute atomic E-state index is 11.8. The SMILES string of the molecule is CC(C)(C)OC(=O)n1ccc(OC[SH](C)(C)(C)C)n1. The first-order chi connectivity index (χ1) is 8.32. The normalized spacial score (nSPS) is 14.6. The predicted molar refractivity (Wildman–Crippen MR) is 82.0 cm³/mol. The third-order valence-electron chi connectivity index (χ3n) is 1.87. The van der Waals surface area contributed by atoms with Gasteiger partial charge in [-0.1, -0.05) is 0 Å². The van der Waals surface area contributed by atoms with Crippen molar-refractivity contribution in [1.29, 1.82) is 0 Å². The van der Waals surface area contributed by atoms with E-state index in [1.54, 1.807) is 12.3 Å². The molecule has 19 heavy (non-hydrogen) atoms. The fraction of sp³-hybridized carbons (Fsp3) is 0.692. The standard InChI is InChI=1S/C13H26N2O3S/c1-13(2,3)18-12(16)15-9-8-11(14-15)17-10-19(4,5,6)7/h8-9,19H,10H2,1-7H3. The molecular formula is C13H26N2O3S. The number of nitrogens with zero attached hydrogens (tertiary/aromatic N) is 2. The molecule has 0 fully saturated rings. The molecule has 0 radical (unpaired) electrons. The number of thiol groups is 1. The van der Waals surface area contributed by atoms with Crippen LogP contribution in [-0.2, 0) is 4.74 Å². The zero-order valence-corrected chi connectivity index (χ0v) is 13.8. The number of hydrogen-bond donors (Lipinski definition) is 1. The fourth-order valence-corrected chi connectivity index (χ4v) is 1.77. The smallest absolute Gasteiger partial charge is 0.435 e. The summed E-state index contributed by atoms with van der Waals surface area (Å²) >= 11 is 0. The van der Waals surface area contributed by atoms with Crippen LogP contribution in [0.4, 0.5) is 4.79 Å². The average molecular weight is 290 g/mol. The molecule has 1 aromatic heterocycles. The van der Waals surface area contributed by atoms with Crippen molar-refractivity contribution >= 4 is 15.3 Å². The molecule has 0 N–H and O–H groups in total. The average Bonchev–Trinajstić information content (AvgIpc) is 2.57. The highest BCUT2D eigenvalue weighted by molar-refractivity contribution is 8.47. The first kappa shape index (κ1) is 15.9. The topological polar surface area (TPSA) is 53.4 Å². The van der Waals surface area contributed by atoms with E-state index in [-0.39, 0.29) is 0 Å². The minimum Gasteiger partial charge on any atom is -0.469 e. The van der Waals surface area contributed by atoms with Crippen molar-refractivity contribution in [3.63, 3.8) is 0 Å². The van der Waals surface area contributed by atoms with Gasteiger partial charge >= 0.3 is 6.09 Å². The maximum Gasteiger partial charge on any atom is 0.435 e. The van der Waals surface area contributed by atoms with Gasteiger partial charge in [-0.3, -0.25) is 9.16 Å². The maximum atomic E-state index is 11.8. The Balaban J connectivity index is 2.66. The van der Waals surface area contributed by atoms with Crippen molar-refractivity contribution in [2.24, 2.45) is 0 Å². The van der Waals surface area contributed by atoms with Crippen LogP contribution in [0.15, 0.2) is 12.3 Å². The molecular weight excluding hydrogens is 264 g/mol. The van der Waals surface area contributed by atoms with E-state index in [2.05, 4.69) is 30.1 Å². The number of carbonyl (C=O) groups is 1. The van der Waals surface area contributed by atoms with Crippen molar-refractivity contribution in [3.8, 4) is 5.88 Å². The van der Waals surface area contributed by atoms with Crippen molar-refractivity contribution in [2.75, 3.05) is 31.0 Å². The number of carbonyl (C=O) groups excluding carboxylic acids is 1. The Kier molecular flexibility index (Phi) is 3.96. The van der Waals surface area contributed by atoms with E-state index in [0.717, 1.165) is 4.68 Å². The van der Waals surface area contributed by atoms with Gasteiger partial charge in [0.25, 0.3) is 0 Å². The number of hydrogen-bond acceptors (Lipinski definition) is 4. The fourth-order valence-electron chi connectivity index (χ4n) is 1.12. The lowest BCUT2D eigenvalue weighted by Crippen LogP contribution is -2.27. The molecule has 0 amide bonds. The minimum absolute atomic E-state index is 0.451. The number of rotatable bonds is 3. The molecule has 0 saturated carbocycles. The van der Waals surface area contributed by atoms with Gasteiger partial charge in [0.1, 0.15) is 11.5 Å². The molecule has 5 nitrogen and oxygen atoms in total.